The van der Waals surface area contributed by atoms with E-state index in [0.29, 0.717) is 25.8 Å². The van der Waals surface area contributed by atoms with Crippen LogP contribution in [-0.2, 0) is 25.7 Å². The summed E-state index contributed by atoms with van der Waals surface area (Å²) < 4.78 is 5.39. The van der Waals surface area contributed by atoms with Crippen molar-refractivity contribution in [3.8, 4) is 0 Å². The first-order chi connectivity index (χ1) is 15.2. The standard InChI is InChI=1S/C22H32N4O6/c1-14(2)12-17(20(28)23-15(3)19(27)25-31)24-22(30)26-11-7-10-18(26)21(29)32-13-16-8-5-4-6-9-16/h4-6,8-9,14-15,17-18,31H,7,10-13H2,1-3H3,(H,23,28)(H,24,30)(H,25,27)/t15-,17-,18+/m0/s1. The molecule has 2 rings (SSSR count). The van der Waals surface area contributed by atoms with E-state index >= 15 is 0 Å². The first-order valence-corrected chi connectivity index (χ1v) is 10.7. The molecule has 0 aromatic heterocycles. The van der Waals surface area contributed by atoms with Gasteiger partial charge in [-0.1, -0.05) is 44.2 Å². The Labute approximate surface area is 187 Å². The van der Waals surface area contributed by atoms with Crippen LogP contribution < -0.4 is 16.1 Å². The number of hydroxylamine groups is 1. The number of hydrogen-bond acceptors (Lipinski definition) is 6. The molecule has 1 fully saturated rings. The molecule has 1 aliphatic heterocycles. The maximum atomic E-state index is 12.9. The first kappa shape index (κ1) is 25.1. The van der Waals surface area contributed by atoms with Gasteiger partial charge in [0.15, 0.2) is 0 Å². The van der Waals surface area contributed by atoms with Gasteiger partial charge in [0.25, 0.3) is 5.91 Å². The summed E-state index contributed by atoms with van der Waals surface area (Å²) in [5, 5.41) is 13.9. The first-order valence-electron chi connectivity index (χ1n) is 10.7. The summed E-state index contributed by atoms with van der Waals surface area (Å²) in [7, 11) is 0. The SMILES string of the molecule is CC(C)C[C@H](NC(=O)N1CCC[C@@H]1C(=O)OCc1ccccc1)C(=O)N[C@@H](C)C(=O)NO. The summed E-state index contributed by atoms with van der Waals surface area (Å²) in [5.41, 5.74) is 2.33. The van der Waals surface area contributed by atoms with Crippen LogP contribution in [0, 0.1) is 5.92 Å². The minimum Gasteiger partial charge on any atom is -0.459 e. The normalized spacial score (nSPS) is 17.4. The van der Waals surface area contributed by atoms with Gasteiger partial charge in [0.2, 0.25) is 5.91 Å². The lowest BCUT2D eigenvalue weighted by molar-refractivity contribution is -0.149. The second kappa shape index (κ2) is 12.0. The van der Waals surface area contributed by atoms with E-state index in [1.807, 2.05) is 44.2 Å². The highest BCUT2D eigenvalue weighted by molar-refractivity contribution is 5.92. The lowest BCUT2D eigenvalue weighted by Crippen LogP contribution is -2.56. The number of rotatable bonds is 9. The molecule has 0 radical (unpaired) electrons. The van der Waals surface area contributed by atoms with Crippen LogP contribution in [-0.4, -0.2) is 58.6 Å². The molecule has 0 bridgehead atoms. The number of nitrogens with zero attached hydrogens (tertiary/aromatic N) is 1. The largest absolute Gasteiger partial charge is 0.459 e. The molecule has 1 aromatic carbocycles. The van der Waals surface area contributed by atoms with Gasteiger partial charge in [-0.05, 0) is 37.7 Å². The van der Waals surface area contributed by atoms with Crippen molar-refractivity contribution < 1.29 is 29.1 Å². The Morgan fingerprint density at radius 2 is 1.78 bits per heavy atom. The van der Waals surface area contributed by atoms with Crippen molar-refractivity contribution in [3.05, 3.63) is 35.9 Å². The highest BCUT2D eigenvalue weighted by atomic mass is 16.5. The number of carbonyl (C=O) groups is 4. The van der Waals surface area contributed by atoms with Gasteiger partial charge >= 0.3 is 12.0 Å². The molecule has 4 N–H and O–H groups in total. The Morgan fingerprint density at radius 3 is 2.41 bits per heavy atom. The molecule has 0 aliphatic carbocycles. The molecular weight excluding hydrogens is 416 g/mol. The van der Waals surface area contributed by atoms with Crippen LogP contribution >= 0.6 is 0 Å². The highest BCUT2D eigenvalue weighted by Crippen LogP contribution is 2.20. The number of amides is 4. The van der Waals surface area contributed by atoms with Crippen molar-refractivity contribution in [3.63, 3.8) is 0 Å². The fraction of sp³-hybridized carbons (Fsp3) is 0.545. The molecule has 176 valence electrons. The molecule has 0 saturated carbocycles. The Hall–Kier alpha value is -3.14. The number of likely N-dealkylation sites (tertiary alicyclic amines) is 1. The zero-order chi connectivity index (χ0) is 23.7. The van der Waals surface area contributed by atoms with Gasteiger partial charge in [0, 0.05) is 6.54 Å². The maximum absolute atomic E-state index is 12.9. The topological polar surface area (TPSA) is 137 Å². The summed E-state index contributed by atoms with van der Waals surface area (Å²) in [6, 6.07) is 6.12. The van der Waals surface area contributed by atoms with Crippen LogP contribution in [0.4, 0.5) is 4.79 Å². The molecule has 1 heterocycles. The van der Waals surface area contributed by atoms with Gasteiger partial charge in [0.1, 0.15) is 24.7 Å². The van der Waals surface area contributed by atoms with Crippen molar-refractivity contribution in [2.24, 2.45) is 5.92 Å². The molecule has 1 saturated heterocycles. The van der Waals surface area contributed by atoms with Crippen LogP contribution in [0.25, 0.3) is 0 Å². The van der Waals surface area contributed by atoms with E-state index in [1.54, 1.807) is 0 Å². The predicted molar refractivity (Wildman–Crippen MR) is 115 cm³/mol. The Morgan fingerprint density at radius 1 is 1.09 bits per heavy atom. The van der Waals surface area contributed by atoms with Gasteiger partial charge in [-0.2, -0.15) is 0 Å². The molecular formula is C22H32N4O6. The van der Waals surface area contributed by atoms with Crippen LogP contribution in [0.1, 0.15) is 45.6 Å². The van der Waals surface area contributed by atoms with Gasteiger partial charge in [-0.3, -0.25) is 14.8 Å². The minimum absolute atomic E-state index is 0.0817. The van der Waals surface area contributed by atoms with E-state index in [1.165, 1.54) is 17.3 Å². The number of benzene rings is 1. The number of ether oxygens (including phenoxy) is 1. The molecule has 0 spiro atoms. The van der Waals surface area contributed by atoms with E-state index in [0.717, 1.165) is 5.56 Å². The molecule has 1 aliphatic rings. The van der Waals surface area contributed by atoms with Crippen LogP contribution in [0.5, 0.6) is 0 Å². The van der Waals surface area contributed by atoms with E-state index in [9.17, 15) is 19.2 Å². The number of carbonyl (C=O) groups excluding carboxylic acids is 4. The zero-order valence-electron chi connectivity index (χ0n) is 18.7. The molecule has 10 nitrogen and oxygen atoms in total. The number of esters is 1. The zero-order valence-corrected chi connectivity index (χ0v) is 18.7. The quantitative estimate of drug-likeness (QED) is 0.256. The van der Waals surface area contributed by atoms with Crippen molar-refractivity contribution in [1.82, 2.24) is 21.0 Å². The molecule has 32 heavy (non-hydrogen) atoms. The van der Waals surface area contributed by atoms with E-state index in [4.69, 9.17) is 9.94 Å². The van der Waals surface area contributed by atoms with Crippen molar-refractivity contribution in [2.75, 3.05) is 6.54 Å². The molecule has 4 amide bonds. The summed E-state index contributed by atoms with van der Waals surface area (Å²) in [6.07, 6.45) is 1.46. The van der Waals surface area contributed by atoms with Crippen molar-refractivity contribution >= 4 is 23.8 Å². The van der Waals surface area contributed by atoms with Crippen LogP contribution in [0.2, 0.25) is 0 Å². The summed E-state index contributed by atoms with van der Waals surface area (Å²) >= 11 is 0. The average molecular weight is 449 g/mol. The summed E-state index contributed by atoms with van der Waals surface area (Å²) in [5.74, 6) is -1.72. The number of hydrogen-bond donors (Lipinski definition) is 4. The third-order valence-electron chi connectivity index (χ3n) is 5.19. The van der Waals surface area contributed by atoms with Gasteiger partial charge in [-0.15, -0.1) is 0 Å². The summed E-state index contributed by atoms with van der Waals surface area (Å²) in [4.78, 5) is 51.0. The van der Waals surface area contributed by atoms with Crippen LogP contribution in [0.15, 0.2) is 30.3 Å². The second-order valence-corrected chi connectivity index (χ2v) is 8.28. The van der Waals surface area contributed by atoms with E-state index < -0.39 is 41.9 Å². The highest BCUT2D eigenvalue weighted by Gasteiger charge is 2.37. The van der Waals surface area contributed by atoms with Gasteiger partial charge in [-0.25, -0.2) is 15.1 Å². The second-order valence-electron chi connectivity index (χ2n) is 8.28. The van der Waals surface area contributed by atoms with Gasteiger partial charge in [0.05, 0.1) is 0 Å². The third kappa shape index (κ3) is 7.23. The van der Waals surface area contributed by atoms with Gasteiger partial charge < -0.3 is 20.3 Å². The number of nitrogens with one attached hydrogen (secondary N) is 3. The molecule has 1 aromatic rings. The maximum Gasteiger partial charge on any atom is 0.329 e. The lowest BCUT2D eigenvalue weighted by Gasteiger charge is -2.27. The number of urea groups is 1. The van der Waals surface area contributed by atoms with E-state index in [-0.39, 0.29) is 12.5 Å². The smallest absolute Gasteiger partial charge is 0.329 e. The minimum atomic E-state index is -0.980. The Kier molecular flexibility index (Phi) is 9.45. The molecule has 0 unspecified atom stereocenters. The fourth-order valence-electron chi connectivity index (χ4n) is 3.49. The molecule has 3 atom stereocenters. The third-order valence-corrected chi connectivity index (χ3v) is 5.19. The fourth-order valence-corrected chi connectivity index (χ4v) is 3.49. The predicted octanol–water partition coefficient (Wildman–Crippen LogP) is 1.33. The summed E-state index contributed by atoms with van der Waals surface area (Å²) in [6.45, 7) is 5.70. The molecule has 10 heteroatoms. The van der Waals surface area contributed by atoms with Crippen LogP contribution in [0.3, 0.4) is 0 Å². The van der Waals surface area contributed by atoms with Crippen molar-refractivity contribution in [2.45, 2.75) is 64.8 Å². The Bertz CT molecular complexity index is 801. The monoisotopic (exact) mass is 448 g/mol. The Balaban J connectivity index is 1.99. The lowest BCUT2D eigenvalue weighted by atomic mass is 10.0. The average Bonchev–Trinajstić information content (AvgIpc) is 3.27. The van der Waals surface area contributed by atoms with E-state index in [2.05, 4.69) is 10.6 Å². The van der Waals surface area contributed by atoms with Crippen molar-refractivity contribution in [1.29, 1.82) is 0 Å².